The number of hydrogen-bond acceptors (Lipinski definition) is 7. The highest BCUT2D eigenvalue weighted by atomic mass is 16.5. The molecule has 3 aromatic rings. The van der Waals surface area contributed by atoms with Crippen molar-refractivity contribution >= 4 is 29.0 Å². The molecule has 0 aliphatic heterocycles. The lowest BCUT2D eigenvalue weighted by Gasteiger charge is -2.14. The number of anilines is 4. The molecule has 0 unspecified atom stereocenters. The second-order valence-corrected chi connectivity index (χ2v) is 7.27. The minimum absolute atomic E-state index is 0.229. The Balaban J connectivity index is 1.69. The lowest BCUT2D eigenvalue weighted by molar-refractivity contribution is 0.102. The standard InChI is InChI=1S/C24H29N5O3/c1-6-31-20-13-8-17(15-21(20)32-7-2)23(30)26-18-9-11-19(12-10-18)27-24-25-16(3)14-22(28-24)29(4)5/h8-15H,6-7H2,1-5H3,(H,26,30)(H,25,27,28). The monoisotopic (exact) mass is 435 g/mol. The summed E-state index contributed by atoms with van der Waals surface area (Å²) in [4.78, 5) is 23.6. The van der Waals surface area contributed by atoms with Gasteiger partial charge in [-0.2, -0.15) is 4.98 Å². The van der Waals surface area contributed by atoms with Crippen LogP contribution in [0.3, 0.4) is 0 Å². The minimum atomic E-state index is -0.229. The first-order valence-corrected chi connectivity index (χ1v) is 10.5. The third-order valence-corrected chi connectivity index (χ3v) is 4.50. The summed E-state index contributed by atoms with van der Waals surface area (Å²) in [7, 11) is 3.87. The van der Waals surface area contributed by atoms with E-state index >= 15 is 0 Å². The Kier molecular flexibility index (Phi) is 7.49. The lowest BCUT2D eigenvalue weighted by Crippen LogP contribution is -2.13. The summed E-state index contributed by atoms with van der Waals surface area (Å²) in [5.41, 5.74) is 2.85. The molecule has 1 heterocycles. The average Bonchev–Trinajstić information content (AvgIpc) is 2.76. The van der Waals surface area contributed by atoms with Gasteiger partial charge in [-0.25, -0.2) is 4.98 Å². The van der Waals surface area contributed by atoms with Gasteiger partial charge in [-0.3, -0.25) is 4.79 Å². The van der Waals surface area contributed by atoms with Crippen molar-refractivity contribution in [3.05, 3.63) is 59.8 Å². The molecule has 0 radical (unpaired) electrons. The van der Waals surface area contributed by atoms with Crippen LogP contribution in [0.1, 0.15) is 29.9 Å². The Labute approximate surface area is 188 Å². The maximum Gasteiger partial charge on any atom is 0.255 e. The van der Waals surface area contributed by atoms with Crippen LogP contribution in [0, 0.1) is 6.92 Å². The van der Waals surface area contributed by atoms with Crippen molar-refractivity contribution in [3.63, 3.8) is 0 Å². The Hall–Kier alpha value is -3.81. The van der Waals surface area contributed by atoms with Gasteiger partial charge >= 0.3 is 0 Å². The van der Waals surface area contributed by atoms with Crippen LogP contribution in [0.4, 0.5) is 23.1 Å². The van der Waals surface area contributed by atoms with E-state index in [0.717, 1.165) is 17.2 Å². The predicted octanol–water partition coefficient (Wildman–Crippen LogP) is 4.64. The number of nitrogens with one attached hydrogen (secondary N) is 2. The number of nitrogens with zero attached hydrogens (tertiary/aromatic N) is 3. The lowest BCUT2D eigenvalue weighted by atomic mass is 10.1. The van der Waals surface area contributed by atoms with E-state index in [1.165, 1.54) is 0 Å². The molecule has 0 aliphatic rings. The number of ether oxygens (including phenoxy) is 2. The summed E-state index contributed by atoms with van der Waals surface area (Å²) in [6.07, 6.45) is 0. The molecule has 32 heavy (non-hydrogen) atoms. The van der Waals surface area contributed by atoms with Gasteiger partial charge in [0.05, 0.1) is 13.2 Å². The van der Waals surface area contributed by atoms with E-state index < -0.39 is 0 Å². The van der Waals surface area contributed by atoms with Gasteiger partial charge in [-0.15, -0.1) is 0 Å². The van der Waals surface area contributed by atoms with Crippen LogP contribution < -0.4 is 25.0 Å². The maximum absolute atomic E-state index is 12.7. The number of carbonyl (C=O) groups excluding carboxylic acids is 1. The zero-order chi connectivity index (χ0) is 23.1. The molecule has 0 fully saturated rings. The third kappa shape index (κ3) is 5.87. The fraction of sp³-hybridized carbons (Fsp3) is 0.292. The molecule has 0 aliphatic carbocycles. The average molecular weight is 436 g/mol. The van der Waals surface area contributed by atoms with Crippen molar-refractivity contribution < 1.29 is 14.3 Å². The molecule has 0 saturated heterocycles. The smallest absolute Gasteiger partial charge is 0.255 e. The van der Waals surface area contributed by atoms with Crippen LogP contribution in [0.25, 0.3) is 0 Å². The van der Waals surface area contributed by atoms with E-state index in [1.54, 1.807) is 18.2 Å². The molecule has 2 N–H and O–H groups in total. The number of amides is 1. The van der Waals surface area contributed by atoms with Crippen LogP contribution >= 0.6 is 0 Å². The summed E-state index contributed by atoms with van der Waals surface area (Å²) in [5, 5.41) is 6.10. The van der Waals surface area contributed by atoms with E-state index in [9.17, 15) is 4.79 Å². The van der Waals surface area contributed by atoms with E-state index in [1.807, 2.05) is 70.1 Å². The normalized spacial score (nSPS) is 10.4. The summed E-state index contributed by atoms with van der Waals surface area (Å²) in [5.74, 6) is 2.29. The van der Waals surface area contributed by atoms with Crippen LogP contribution in [0.2, 0.25) is 0 Å². The molecule has 168 valence electrons. The molecule has 0 saturated carbocycles. The summed E-state index contributed by atoms with van der Waals surface area (Å²) < 4.78 is 11.2. The highest BCUT2D eigenvalue weighted by molar-refractivity contribution is 6.04. The Morgan fingerprint density at radius 3 is 2.22 bits per heavy atom. The van der Waals surface area contributed by atoms with Crippen molar-refractivity contribution in [1.29, 1.82) is 0 Å². The van der Waals surface area contributed by atoms with Gasteiger partial charge in [-0.05, 0) is 63.2 Å². The minimum Gasteiger partial charge on any atom is -0.490 e. The molecule has 1 aromatic heterocycles. The molecule has 0 atom stereocenters. The molecule has 8 nitrogen and oxygen atoms in total. The fourth-order valence-corrected chi connectivity index (χ4v) is 3.00. The quantitative estimate of drug-likeness (QED) is 0.506. The number of aryl methyl sites for hydroxylation is 1. The fourth-order valence-electron chi connectivity index (χ4n) is 3.00. The SMILES string of the molecule is CCOc1ccc(C(=O)Nc2ccc(Nc3nc(C)cc(N(C)C)n3)cc2)cc1OCC. The largest absolute Gasteiger partial charge is 0.490 e. The van der Waals surface area contributed by atoms with Gasteiger partial charge in [0, 0.05) is 42.8 Å². The van der Waals surface area contributed by atoms with Gasteiger partial charge in [0.25, 0.3) is 5.91 Å². The van der Waals surface area contributed by atoms with Crippen molar-refractivity contribution in [2.45, 2.75) is 20.8 Å². The zero-order valence-corrected chi connectivity index (χ0v) is 19.1. The highest BCUT2D eigenvalue weighted by Crippen LogP contribution is 2.29. The van der Waals surface area contributed by atoms with Crippen molar-refractivity contribution in [2.75, 3.05) is 42.8 Å². The van der Waals surface area contributed by atoms with Crippen LogP contribution in [-0.4, -0.2) is 43.2 Å². The first-order chi connectivity index (χ1) is 15.4. The van der Waals surface area contributed by atoms with Crippen molar-refractivity contribution in [2.24, 2.45) is 0 Å². The number of rotatable bonds is 9. The molecular formula is C24H29N5O3. The van der Waals surface area contributed by atoms with Crippen molar-refractivity contribution in [3.8, 4) is 11.5 Å². The van der Waals surface area contributed by atoms with E-state index in [4.69, 9.17) is 9.47 Å². The second-order valence-electron chi connectivity index (χ2n) is 7.27. The Bertz CT molecular complexity index is 1070. The topological polar surface area (TPSA) is 88.6 Å². The first kappa shape index (κ1) is 22.9. The van der Waals surface area contributed by atoms with Crippen LogP contribution in [0.15, 0.2) is 48.5 Å². The zero-order valence-electron chi connectivity index (χ0n) is 19.1. The molecule has 1 amide bonds. The molecular weight excluding hydrogens is 406 g/mol. The number of aromatic nitrogens is 2. The van der Waals surface area contributed by atoms with Gasteiger partial charge in [-0.1, -0.05) is 0 Å². The summed E-state index contributed by atoms with van der Waals surface area (Å²) >= 11 is 0. The summed E-state index contributed by atoms with van der Waals surface area (Å²) in [6, 6.07) is 14.4. The molecule has 0 spiro atoms. The van der Waals surface area contributed by atoms with E-state index in [0.29, 0.717) is 41.9 Å². The van der Waals surface area contributed by atoms with Gasteiger partial charge in [0.15, 0.2) is 11.5 Å². The van der Waals surface area contributed by atoms with Crippen molar-refractivity contribution in [1.82, 2.24) is 9.97 Å². The van der Waals surface area contributed by atoms with Crippen LogP contribution in [-0.2, 0) is 0 Å². The van der Waals surface area contributed by atoms with Gasteiger partial charge in [0.1, 0.15) is 5.82 Å². The van der Waals surface area contributed by atoms with E-state index in [-0.39, 0.29) is 5.91 Å². The first-order valence-electron chi connectivity index (χ1n) is 10.5. The third-order valence-electron chi connectivity index (χ3n) is 4.50. The number of benzene rings is 2. The Morgan fingerprint density at radius 2 is 1.56 bits per heavy atom. The van der Waals surface area contributed by atoms with Crippen LogP contribution in [0.5, 0.6) is 11.5 Å². The predicted molar refractivity (Wildman–Crippen MR) is 128 cm³/mol. The second kappa shape index (κ2) is 10.5. The maximum atomic E-state index is 12.7. The molecule has 3 rings (SSSR count). The Morgan fingerprint density at radius 1 is 0.906 bits per heavy atom. The molecule has 0 bridgehead atoms. The highest BCUT2D eigenvalue weighted by Gasteiger charge is 2.12. The van der Waals surface area contributed by atoms with Gasteiger partial charge < -0.3 is 25.0 Å². The number of hydrogen-bond donors (Lipinski definition) is 2. The number of carbonyl (C=O) groups is 1. The van der Waals surface area contributed by atoms with E-state index in [2.05, 4.69) is 20.6 Å². The summed E-state index contributed by atoms with van der Waals surface area (Å²) in [6.45, 7) is 6.73. The molecule has 8 heteroatoms. The molecule has 2 aromatic carbocycles. The van der Waals surface area contributed by atoms with Gasteiger partial charge in [0.2, 0.25) is 5.95 Å².